The summed E-state index contributed by atoms with van der Waals surface area (Å²) in [6.45, 7) is 1.75. The van der Waals surface area contributed by atoms with Crippen LogP contribution >= 0.6 is 11.6 Å². The number of benzene rings is 2. The van der Waals surface area contributed by atoms with Gasteiger partial charge in [0.05, 0.1) is 12.4 Å². The Labute approximate surface area is 132 Å². The Morgan fingerprint density at radius 2 is 1.95 bits per heavy atom. The van der Waals surface area contributed by atoms with Gasteiger partial charge in [-0.3, -0.25) is 9.79 Å². The molecular formula is C16H15ClFN3O. The zero-order valence-electron chi connectivity index (χ0n) is 11.9. The van der Waals surface area contributed by atoms with Gasteiger partial charge in [-0.05, 0) is 49.4 Å². The van der Waals surface area contributed by atoms with Gasteiger partial charge in [-0.15, -0.1) is 0 Å². The molecule has 2 aromatic carbocycles. The van der Waals surface area contributed by atoms with Crippen molar-refractivity contribution in [1.29, 1.82) is 0 Å². The van der Waals surface area contributed by atoms with Crippen molar-refractivity contribution >= 4 is 29.0 Å². The Kier molecular flexibility index (Phi) is 5.12. The number of hydrogen-bond donors (Lipinski definition) is 2. The average Bonchev–Trinajstić information content (AvgIpc) is 2.48. The molecule has 0 aromatic heterocycles. The second kappa shape index (κ2) is 7.04. The number of rotatable bonds is 4. The van der Waals surface area contributed by atoms with Crippen LogP contribution in [0.2, 0.25) is 5.02 Å². The van der Waals surface area contributed by atoms with E-state index >= 15 is 0 Å². The van der Waals surface area contributed by atoms with Gasteiger partial charge in [0, 0.05) is 21.8 Å². The van der Waals surface area contributed by atoms with Crippen LogP contribution < -0.4 is 11.1 Å². The van der Waals surface area contributed by atoms with E-state index in [1.54, 1.807) is 31.2 Å². The minimum absolute atomic E-state index is 0.124. The molecule has 0 spiro atoms. The minimum Gasteiger partial charge on any atom is -0.388 e. The van der Waals surface area contributed by atoms with E-state index in [4.69, 9.17) is 17.3 Å². The number of nitrogens with zero attached hydrogens (tertiary/aromatic N) is 1. The van der Waals surface area contributed by atoms with Gasteiger partial charge in [0.15, 0.2) is 0 Å². The standard InChI is InChI=1S/C16H15ClFN3O/c1-10(19)20-9-12-8-14(6-7-15(12)18)21-16(22)11-2-4-13(17)5-3-11/h2-8H,9H2,1H3,(H2,19,20)(H,21,22). The topological polar surface area (TPSA) is 67.5 Å². The van der Waals surface area contributed by atoms with Crippen LogP contribution in [-0.4, -0.2) is 11.7 Å². The number of halogens is 2. The molecule has 22 heavy (non-hydrogen) atoms. The molecule has 0 saturated heterocycles. The number of amides is 1. The summed E-state index contributed by atoms with van der Waals surface area (Å²) in [5.41, 5.74) is 6.76. The molecule has 0 atom stereocenters. The summed E-state index contributed by atoms with van der Waals surface area (Å²) in [5, 5.41) is 3.26. The van der Waals surface area contributed by atoms with Gasteiger partial charge in [0.25, 0.3) is 5.91 Å². The second-order valence-corrected chi connectivity index (χ2v) is 5.16. The van der Waals surface area contributed by atoms with Crippen molar-refractivity contribution in [3.8, 4) is 0 Å². The van der Waals surface area contributed by atoms with Gasteiger partial charge in [-0.1, -0.05) is 11.6 Å². The van der Waals surface area contributed by atoms with Crippen molar-refractivity contribution < 1.29 is 9.18 Å². The van der Waals surface area contributed by atoms with E-state index in [1.165, 1.54) is 18.2 Å². The third kappa shape index (κ3) is 4.30. The molecule has 0 heterocycles. The van der Waals surface area contributed by atoms with Crippen molar-refractivity contribution in [3.05, 3.63) is 64.4 Å². The summed E-state index contributed by atoms with van der Waals surface area (Å²) in [4.78, 5) is 16.1. The maximum atomic E-state index is 13.7. The molecule has 2 aromatic rings. The Bertz CT molecular complexity index is 710. The van der Waals surface area contributed by atoms with Crippen LogP contribution in [0.25, 0.3) is 0 Å². The van der Waals surface area contributed by atoms with E-state index in [-0.39, 0.29) is 12.5 Å². The van der Waals surface area contributed by atoms with Gasteiger partial charge >= 0.3 is 0 Å². The van der Waals surface area contributed by atoms with Crippen LogP contribution in [0.4, 0.5) is 10.1 Å². The molecular weight excluding hydrogens is 305 g/mol. The number of nitrogens with one attached hydrogen (secondary N) is 1. The Hall–Kier alpha value is -2.40. The van der Waals surface area contributed by atoms with Crippen molar-refractivity contribution in [2.24, 2.45) is 10.7 Å². The first-order valence-electron chi connectivity index (χ1n) is 6.57. The molecule has 0 fully saturated rings. The van der Waals surface area contributed by atoms with E-state index in [0.29, 0.717) is 27.7 Å². The van der Waals surface area contributed by atoms with Crippen molar-refractivity contribution in [1.82, 2.24) is 0 Å². The fourth-order valence-electron chi connectivity index (χ4n) is 1.79. The molecule has 114 valence electrons. The quantitative estimate of drug-likeness (QED) is 0.667. The normalized spacial score (nSPS) is 11.3. The van der Waals surface area contributed by atoms with Crippen LogP contribution in [0.3, 0.4) is 0 Å². The maximum Gasteiger partial charge on any atom is 0.255 e. The summed E-state index contributed by atoms with van der Waals surface area (Å²) in [6.07, 6.45) is 0. The molecule has 6 heteroatoms. The SMILES string of the molecule is CC(N)=NCc1cc(NC(=O)c2ccc(Cl)cc2)ccc1F. The van der Waals surface area contributed by atoms with Gasteiger partial charge < -0.3 is 11.1 Å². The summed E-state index contributed by atoms with van der Waals surface area (Å²) in [6, 6.07) is 10.8. The van der Waals surface area contributed by atoms with Crippen LogP contribution in [-0.2, 0) is 6.54 Å². The summed E-state index contributed by atoms with van der Waals surface area (Å²) >= 11 is 5.78. The maximum absolute atomic E-state index is 13.7. The van der Waals surface area contributed by atoms with Gasteiger partial charge in [0.1, 0.15) is 5.82 Å². The number of nitrogens with two attached hydrogens (primary N) is 1. The second-order valence-electron chi connectivity index (χ2n) is 4.72. The van der Waals surface area contributed by atoms with Crippen LogP contribution in [0.5, 0.6) is 0 Å². The van der Waals surface area contributed by atoms with Crippen molar-refractivity contribution in [2.45, 2.75) is 13.5 Å². The highest BCUT2D eigenvalue weighted by Gasteiger charge is 2.08. The third-order valence-corrected chi connectivity index (χ3v) is 3.16. The zero-order chi connectivity index (χ0) is 16.1. The first kappa shape index (κ1) is 16.0. The predicted molar refractivity (Wildman–Crippen MR) is 86.8 cm³/mol. The Morgan fingerprint density at radius 1 is 1.27 bits per heavy atom. The van der Waals surface area contributed by atoms with Gasteiger partial charge in [-0.25, -0.2) is 4.39 Å². The van der Waals surface area contributed by atoms with E-state index < -0.39 is 5.82 Å². The first-order chi connectivity index (χ1) is 10.5. The smallest absolute Gasteiger partial charge is 0.255 e. The van der Waals surface area contributed by atoms with E-state index in [0.717, 1.165) is 0 Å². The lowest BCUT2D eigenvalue weighted by atomic mass is 10.1. The molecule has 0 aliphatic rings. The highest BCUT2D eigenvalue weighted by molar-refractivity contribution is 6.30. The number of anilines is 1. The van der Waals surface area contributed by atoms with Crippen molar-refractivity contribution in [3.63, 3.8) is 0 Å². The zero-order valence-corrected chi connectivity index (χ0v) is 12.7. The fourth-order valence-corrected chi connectivity index (χ4v) is 1.91. The summed E-state index contributed by atoms with van der Waals surface area (Å²) < 4.78 is 13.7. The number of amidine groups is 1. The molecule has 0 saturated carbocycles. The largest absolute Gasteiger partial charge is 0.388 e. The average molecular weight is 320 g/mol. The molecule has 0 aliphatic heterocycles. The highest BCUT2D eigenvalue weighted by atomic mass is 35.5. The lowest BCUT2D eigenvalue weighted by Crippen LogP contribution is -2.12. The minimum atomic E-state index is -0.394. The van der Waals surface area contributed by atoms with E-state index in [9.17, 15) is 9.18 Å². The van der Waals surface area contributed by atoms with Crippen LogP contribution in [0.1, 0.15) is 22.8 Å². The molecule has 0 bridgehead atoms. The van der Waals surface area contributed by atoms with E-state index in [2.05, 4.69) is 10.3 Å². The molecule has 0 aliphatic carbocycles. The summed E-state index contributed by atoms with van der Waals surface area (Å²) in [7, 11) is 0. The Morgan fingerprint density at radius 3 is 2.59 bits per heavy atom. The molecule has 0 unspecified atom stereocenters. The molecule has 4 nitrogen and oxygen atoms in total. The number of aliphatic imine (C=N–C) groups is 1. The van der Waals surface area contributed by atoms with E-state index in [1.807, 2.05) is 0 Å². The van der Waals surface area contributed by atoms with Crippen molar-refractivity contribution in [2.75, 3.05) is 5.32 Å². The molecule has 3 N–H and O–H groups in total. The van der Waals surface area contributed by atoms with Crippen LogP contribution in [0, 0.1) is 5.82 Å². The fraction of sp³-hybridized carbons (Fsp3) is 0.125. The Balaban J connectivity index is 2.15. The number of hydrogen-bond acceptors (Lipinski definition) is 2. The van der Waals surface area contributed by atoms with Crippen LogP contribution in [0.15, 0.2) is 47.5 Å². The third-order valence-electron chi connectivity index (χ3n) is 2.91. The first-order valence-corrected chi connectivity index (χ1v) is 6.95. The highest BCUT2D eigenvalue weighted by Crippen LogP contribution is 2.17. The number of carbonyl (C=O) groups excluding carboxylic acids is 1. The monoisotopic (exact) mass is 319 g/mol. The molecule has 2 rings (SSSR count). The molecule has 0 radical (unpaired) electrons. The molecule has 1 amide bonds. The predicted octanol–water partition coefficient (Wildman–Crippen LogP) is 3.61. The van der Waals surface area contributed by atoms with Gasteiger partial charge in [-0.2, -0.15) is 0 Å². The summed E-state index contributed by atoms with van der Waals surface area (Å²) in [5.74, 6) is -0.322. The number of carbonyl (C=O) groups is 1. The lowest BCUT2D eigenvalue weighted by molar-refractivity contribution is 0.102. The van der Waals surface area contributed by atoms with Gasteiger partial charge in [0.2, 0.25) is 0 Å². The lowest BCUT2D eigenvalue weighted by Gasteiger charge is -2.08.